The minimum atomic E-state index is 0.100. The molecule has 1 N–H and O–H groups in total. The molecule has 2 aliphatic carbocycles. The van der Waals surface area contributed by atoms with Crippen molar-refractivity contribution in [1.29, 1.82) is 0 Å². The Morgan fingerprint density at radius 3 is 2.55 bits per heavy atom. The molecular weight excluding hydrogens is 494 g/mol. The number of urea groups is 1. The molecule has 2 amide bonds. The van der Waals surface area contributed by atoms with E-state index < -0.39 is 0 Å². The molecule has 2 aromatic carbocycles. The molecule has 2 aromatic rings. The quantitative estimate of drug-likeness (QED) is 0.315. The van der Waals surface area contributed by atoms with Gasteiger partial charge < -0.3 is 19.9 Å². The van der Waals surface area contributed by atoms with E-state index in [1.54, 1.807) is 0 Å². The van der Waals surface area contributed by atoms with E-state index in [1.165, 1.54) is 70.8 Å². The molecule has 218 valence electrons. The molecule has 2 bridgehead atoms. The molecule has 5 nitrogen and oxygen atoms in total. The second-order valence-corrected chi connectivity index (χ2v) is 12.8. The predicted molar refractivity (Wildman–Crippen MR) is 163 cm³/mol. The lowest BCUT2D eigenvalue weighted by molar-refractivity contribution is 0.148. The van der Waals surface area contributed by atoms with Crippen molar-refractivity contribution in [3.05, 3.63) is 65.7 Å². The summed E-state index contributed by atoms with van der Waals surface area (Å²) in [6, 6.07) is 19.3. The predicted octanol–water partition coefficient (Wildman–Crippen LogP) is 7.65. The van der Waals surface area contributed by atoms with Crippen LogP contribution in [-0.4, -0.2) is 48.1 Å². The third kappa shape index (κ3) is 8.73. The van der Waals surface area contributed by atoms with E-state index in [4.69, 9.17) is 4.74 Å². The highest BCUT2D eigenvalue weighted by atomic mass is 16.5. The lowest BCUT2D eigenvalue weighted by Gasteiger charge is -2.34. The maximum atomic E-state index is 13.6. The third-order valence-corrected chi connectivity index (χ3v) is 9.73. The molecule has 4 unspecified atom stereocenters. The summed E-state index contributed by atoms with van der Waals surface area (Å²) in [5.41, 5.74) is 2.31. The Morgan fingerprint density at radius 2 is 1.73 bits per heavy atom. The Morgan fingerprint density at radius 1 is 0.900 bits per heavy atom. The Balaban J connectivity index is 1.15. The molecule has 3 fully saturated rings. The van der Waals surface area contributed by atoms with Crippen molar-refractivity contribution in [2.24, 2.45) is 17.8 Å². The summed E-state index contributed by atoms with van der Waals surface area (Å²) in [7, 11) is 0. The number of fused-ring (bicyclic) bond motifs is 2. The number of rotatable bonds is 11. The summed E-state index contributed by atoms with van der Waals surface area (Å²) < 4.78 is 5.99. The summed E-state index contributed by atoms with van der Waals surface area (Å²) in [5.74, 6) is 3.32. The molecule has 1 saturated heterocycles. The first kappa shape index (κ1) is 29.0. The van der Waals surface area contributed by atoms with Gasteiger partial charge in [0.25, 0.3) is 0 Å². The number of ether oxygens (including phenoxy) is 1. The number of likely N-dealkylation sites (tertiary alicyclic amines) is 1. The van der Waals surface area contributed by atoms with Crippen molar-refractivity contribution in [3.8, 4) is 5.75 Å². The van der Waals surface area contributed by atoms with Crippen molar-refractivity contribution in [1.82, 2.24) is 15.1 Å². The van der Waals surface area contributed by atoms with Crippen LogP contribution in [0.2, 0.25) is 0 Å². The van der Waals surface area contributed by atoms with E-state index >= 15 is 0 Å². The number of benzene rings is 2. The van der Waals surface area contributed by atoms with E-state index in [1.807, 2.05) is 35.2 Å². The number of nitrogens with one attached hydrogen (secondary N) is 1. The molecule has 0 spiro atoms. The second kappa shape index (κ2) is 14.9. The van der Waals surface area contributed by atoms with Crippen molar-refractivity contribution in [2.75, 3.05) is 26.2 Å². The zero-order valence-electron chi connectivity index (χ0n) is 24.7. The maximum Gasteiger partial charge on any atom is 0.317 e. The van der Waals surface area contributed by atoms with E-state index in [-0.39, 0.29) is 6.03 Å². The first-order chi connectivity index (χ1) is 19.6. The standard InChI is InChI=1S/C35H51N3O2/c1-28-9-5-6-20-37(28)21-8-22-38(35(39)36-25-33-15-14-29-12-7-13-32(23-29)24-33)26-30-16-18-34(19-17-30)40-27-31-10-3-2-4-11-31/h2-4,10-11,16-19,28-29,32-33H,5-9,12-15,20-27H2,1H3,(H,36,39). The highest BCUT2D eigenvalue weighted by Crippen LogP contribution is 2.40. The zero-order chi connectivity index (χ0) is 27.6. The molecule has 1 aliphatic heterocycles. The number of hydrogen-bond acceptors (Lipinski definition) is 3. The average Bonchev–Trinajstić information content (AvgIpc) is 3.13. The lowest BCUT2D eigenvalue weighted by atomic mass is 9.80. The zero-order valence-corrected chi connectivity index (χ0v) is 24.7. The van der Waals surface area contributed by atoms with Crippen LogP contribution in [0.5, 0.6) is 5.75 Å². The maximum absolute atomic E-state index is 13.6. The highest BCUT2D eigenvalue weighted by Gasteiger charge is 2.29. The fraction of sp³-hybridized carbons (Fsp3) is 0.629. The molecule has 5 heteroatoms. The van der Waals surface area contributed by atoms with Crippen molar-refractivity contribution in [3.63, 3.8) is 0 Å². The Labute approximate surface area is 242 Å². The van der Waals surface area contributed by atoms with Gasteiger partial charge in [-0.05, 0) is 93.0 Å². The summed E-state index contributed by atoms with van der Waals surface area (Å²) in [5, 5.41) is 3.38. The van der Waals surface area contributed by atoms with Crippen LogP contribution in [0.3, 0.4) is 0 Å². The van der Waals surface area contributed by atoms with Gasteiger partial charge in [0.1, 0.15) is 12.4 Å². The van der Waals surface area contributed by atoms with Crippen LogP contribution >= 0.6 is 0 Å². The number of hydrogen-bond donors (Lipinski definition) is 1. The van der Waals surface area contributed by atoms with Gasteiger partial charge in [0.05, 0.1) is 0 Å². The number of carbonyl (C=O) groups excluding carboxylic acids is 1. The van der Waals surface area contributed by atoms with E-state index in [2.05, 4.69) is 41.4 Å². The molecule has 0 aromatic heterocycles. The minimum absolute atomic E-state index is 0.100. The number of carbonyl (C=O) groups is 1. The number of amides is 2. The Kier molecular flexibility index (Phi) is 10.8. The summed E-state index contributed by atoms with van der Waals surface area (Å²) >= 11 is 0. The molecule has 5 rings (SSSR count). The van der Waals surface area contributed by atoms with Gasteiger partial charge >= 0.3 is 6.03 Å². The largest absolute Gasteiger partial charge is 0.489 e. The molecule has 0 radical (unpaired) electrons. The topological polar surface area (TPSA) is 44.8 Å². The molecule has 3 aliphatic rings. The van der Waals surface area contributed by atoms with Crippen molar-refractivity contribution < 1.29 is 9.53 Å². The van der Waals surface area contributed by atoms with Crippen LogP contribution in [-0.2, 0) is 13.2 Å². The van der Waals surface area contributed by atoms with Gasteiger partial charge in [0.15, 0.2) is 0 Å². The summed E-state index contributed by atoms with van der Waals surface area (Å²) in [6.07, 6.45) is 14.6. The van der Waals surface area contributed by atoms with Gasteiger partial charge in [-0.25, -0.2) is 4.79 Å². The summed E-state index contributed by atoms with van der Waals surface area (Å²) in [4.78, 5) is 18.2. The SMILES string of the molecule is CC1CCCCN1CCCN(Cc1ccc(OCc2ccccc2)cc1)C(=O)NCC1CCC2CCCC(C2)C1. The third-order valence-electron chi connectivity index (χ3n) is 9.73. The van der Waals surface area contributed by atoms with Gasteiger partial charge in [0.2, 0.25) is 0 Å². The van der Waals surface area contributed by atoms with Crippen molar-refractivity contribution >= 4 is 6.03 Å². The van der Waals surface area contributed by atoms with Gasteiger partial charge in [-0.15, -0.1) is 0 Å². The van der Waals surface area contributed by atoms with Crippen LogP contribution < -0.4 is 10.1 Å². The van der Waals surface area contributed by atoms with Crippen LogP contribution in [0.25, 0.3) is 0 Å². The number of nitrogens with zero attached hydrogens (tertiary/aromatic N) is 2. The molecule has 40 heavy (non-hydrogen) atoms. The Hall–Kier alpha value is -2.53. The normalized spacial score (nSPS) is 25.1. The van der Waals surface area contributed by atoms with Crippen LogP contribution in [0.15, 0.2) is 54.6 Å². The molecular formula is C35H51N3O2. The molecule has 2 saturated carbocycles. The van der Waals surface area contributed by atoms with Crippen LogP contribution in [0.1, 0.15) is 88.7 Å². The van der Waals surface area contributed by atoms with Crippen molar-refractivity contribution in [2.45, 2.75) is 96.7 Å². The monoisotopic (exact) mass is 545 g/mol. The van der Waals surface area contributed by atoms with E-state index in [9.17, 15) is 4.79 Å². The smallest absolute Gasteiger partial charge is 0.317 e. The minimum Gasteiger partial charge on any atom is -0.489 e. The fourth-order valence-electron chi connectivity index (χ4n) is 7.33. The van der Waals surface area contributed by atoms with E-state index in [0.717, 1.165) is 54.8 Å². The van der Waals surface area contributed by atoms with Gasteiger partial charge in [0, 0.05) is 32.2 Å². The summed E-state index contributed by atoms with van der Waals surface area (Å²) in [6.45, 7) is 7.43. The van der Waals surface area contributed by atoms with E-state index in [0.29, 0.717) is 25.1 Å². The molecule has 4 atom stereocenters. The first-order valence-corrected chi connectivity index (χ1v) is 16.1. The highest BCUT2D eigenvalue weighted by molar-refractivity contribution is 5.74. The number of piperidine rings is 1. The molecule has 1 heterocycles. The second-order valence-electron chi connectivity index (χ2n) is 12.8. The average molecular weight is 546 g/mol. The Bertz CT molecular complexity index is 1030. The lowest BCUT2D eigenvalue weighted by Crippen LogP contribution is -2.44. The van der Waals surface area contributed by atoms with Crippen LogP contribution in [0.4, 0.5) is 4.79 Å². The van der Waals surface area contributed by atoms with Gasteiger partial charge in [-0.2, -0.15) is 0 Å². The first-order valence-electron chi connectivity index (χ1n) is 16.1. The van der Waals surface area contributed by atoms with Gasteiger partial charge in [-0.1, -0.05) is 74.6 Å². The van der Waals surface area contributed by atoms with Crippen LogP contribution in [0, 0.1) is 17.8 Å². The van der Waals surface area contributed by atoms with Gasteiger partial charge in [-0.3, -0.25) is 0 Å². The fourth-order valence-corrected chi connectivity index (χ4v) is 7.33.